The number of ether oxygens (including phenoxy) is 1. The number of nitrogens with one attached hydrogen (secondary N) is 1. The summed E-state index contributed by atoms with van der Waals surface area (Å²) in [5.41, 5.74) is 2.48. The van der Waals surface area contributed by atoms with E-state index in [2.05, 4.69) is 36.3 Å². The molecule has 0 fully saturated rings. The molecule has 0 spiro atoms. The average Bonchev–Trinajstić information content (AvgIpc) is 2.88. The van der Waals surface area contributed by atoms with E-state index in [1.54, 1.807) is 11.3 Å². The highest BCUT2D eigenvalue weighted by molar-refractivity contribution is 7.11. The van der Waals surface area contributed by atoms with E-state index in [9.17, 15) is 0 Å². The van der Waals surface area contributed by atoms with E-state index in [1.165, 1.54) is 16.1 Å². The Morgan fingerprint density at radius 2 is 2.10 bits per heavy atom. The molecule has 2 aromatic rings. The number of thiazole rings is 1. The lowest BCUT2D eigenvalue weighted by atomic mass is 10.2. The van der Waals surface area contributed by atoms with Gasteiger partial charge >= 0.3 is 0 Å². The molecule has 4 heteroatoms. The van der Waals surface area contributed by atoms with Crippen LogP contribution in [0.1, 0.15) is 35.0 Å². The first kappa shape index (κ1) is 15.0. The van der Waals surface area contributed by atoms with E-state index in [0.29, 0.717) is 6.61 Å². The molecule has 1 aromatic carbocycles. The maximum Gasteiger partial charge on any atom is 0.140 e. The summed E-state index contributed by atoms with van der Waals surface area (Å²) in [6.45, 7) is 5.72. The largest absolute Gasteiger partial charge is 0.486 e. The minimum atomic E-state index is 0.550. The Hall–Kier alpha value is -1.39. The van der Waals surface area contributed by atoms with Crippen LogP contribution in [0.2, 0.25) is 0 Å². The molecule has 108 valence electrons. The maximum absolute atomic E-state index is 5.85. The molecule has 3 nitrogen and oxygen atoms in total. The molecule has 0 saturated carbocycles. The Labute approximate surface area is 125 Å². The van der Waals surface area contributed by atoms with Crippen LogP contribution in [0.15, 0.2) is 24.3 Å². The van der Waals surface area contributed by atoms with Crippen molar-refractivity contribution >= 4 is 11.3 Å². The van der Waals surface area contributed by atoms with Crippen molar-refractivity contribution < 1.29 is 4.74 Å². The predicted molar refractivity (Wildman–Crippen MR) is 84.4 cm³/mol. The molecule has 0 radical (unpaired) electrons. The first-order chi connectivity index (χ1) is 9.76. The lowest BCUT2D eigenvalue weighted by Crippen LogP contribution is -2.05. The SMILES string of the molecule is CCc1cccc(OCc2nc(CC)c(CNC)s2)c1. The first-order valence-corrected chi connectivity index (χ1v) is 7.92. The minimum absolute atomic E-state index is 0.550. The molecule has 1 N–H and O–H groups in total. The number of aryl methyl sites for hydroxylation is 2. The van der Waals surface area contributed by atoms with Gasteiger partial charge in [0.1, 0.15) is 17.4 Å². The number of benzene rings is 1. The fourth-order valence-corrected chi connectivity index (χ4v) is 3.16. The molecule has 0 unspecified atom stereocenters. The van der Waals surface area contributed by atoms with Crippen LogP contribution in [-0.4, -0.2) is 12.0 Å². The second-order valence-corrected chi connectivity index (χ2v) is 5.82. The number of aromatic nitrogens is 1. The number of nitrogens with zero attached hydrogens (tertiary/aromatic N) is 1. The van der Waals surface area contributed by atoms with Gasteiger partial charge in [-0.1, -0.05) is 26.0 Å². The summed E-state index contributed by atoms with van der Waals surface area (Å²) in [5.74, 6) is 0.924. The summed E-state index contributed by atoms with van der Waals surface area (Å²) in [4.78, 5) is 5.97. The topological polar surface area (TPSA) is 34.1 Å². The summed E-state index contributed by atoms with van der Waals surface area (Å²) in [6, 6.07) is 8.27. The van der Waals surface area contributed by atoms with Gasteiger partial charge in [-0.25, -0.2) is 4.98 Å². The van der Waals surface area contributed by atoms with Crippen molar-refractivity contribution in [2.75, 3.05) is 7.05 Å². The number of hydrogen-bond donors (Lipinski definition) is 1. The summed E-state index contributed by atoms with van der Waals surface area (Å²) in [6.07, 6.45) is 2.00. The highest BCUT2D eigenvalue weighted by Crippen LogP contribution is 2.21. The van der Waals surface area contributed by atoms with Gasteiger partial charge in [-0.05, 0) is 37.6 Å². The second kappa shape index (κ2) is 7.41. The summed E-state index contributed by atoms with van der Waals surface area (Å²) in [5, 5.41) is 4.24. The lowest BCUT2D eigenvalue weighted by Gasteiger charge is -2.05. The summed E-state index contributed by atoms with van der Waals surface area (Å²) in [7, 11) is 1.96. The van der Waals surface area contributed by atoms with Crippen molar-refractivity contribution in [2.24, 2.45) is 0 Å². The van der Waals surface area contributed by atoms with Gasteiger partial charge in [-0.2, -0.15) is 0 Å². The van der Waals surface area contributed by atoms with Crippen LogP contribution in [0, 0.1) is 0 Å². The van der Waals surface area contributed by atoms with Crippen molar-refractivity contribution in [2.45, 2.75) is 39.8 Å². The van der Waals surface area contributed by atoms with Crippen molar-refractivity contribution in [3.63, 3.8) is 0 Å². The highest BCUT2D eigenvalue weighted by Gasteiger charge is 2.09. The second-order valence-electron chi connectivity index (χ2n) is 4.65. The minimum Gasteiger partial charge on any atom is -0.486 e. The van der Waals surface area contributed by atoms with Crippen molar-refractivity contribution in [1.82, 2.24) is 10.3 Å². The van der Waals surface area contributed by atoms with Crippen molar-refractivity contribution in [1.29, 1.82) is 0 Å². The van der Waals surface area contributed by atoms with Gasteiger partial charge in [-0.15, -0.1) is 11.3 Å². The molecule has 0 saturated heterocycles. The predicted octanol–water partition coefficient (Wildman–Crippen LogP) is 3.57. The summed E-state index contributed by atoms with van der Waals surface area (Å²) < 4.78 is 5.85. The van der Waals surface area contributed by atoms with E-state index in [0.717, 1.165) is 30.1 Å². The van der Waals surface area contributed by atoms with Crippen LogP contribution < -0.4 is 10.1 Å². The normalized spacial score (nSPS) is 10.8. The fourth-order valence-electron chi connectivity index (χ4n) is 2.07. The number of rotatable bonds is 7. The van der Waals surface area contributed by atoms with E-state index in [4.69, 9.17) is 4.74 Å². The Balaban J connectivity index is 2.02. The lowest BCUT2D eigenvalue weighted by molar-refractivity contribution is 0.305. The van der Waals surface area contributed by atoms with Gasteiger partial charge in [0.25, 0.3) is 0 Å². The molecule has 20 heavy (non-hydrogen) atoms. The molecular weight excluding hydrogens is 268 g/mol. The molecular formula is C16H22N2OS. The maximum atomic E-state index is 5.85. The van der Waals surface area contributed by atoms with E-state index >= 15 is 0 Å². The fraction of sp³-hybridized carbons (Fsp3) is 0.438. The Bertz CT molecular complexity index is 551. The third-order valence-electron chi connectivity index (χ3n) is 3.16. The van der Waals surface area contributed by atoms with Gasteiger partial charge in [0.15, 0.2) is 0 Å². The van der Waals surface area contributed by atoms with Crippen LogP contribution in [0.3, 0.4) is 0 Å². The van der Waals surface area contributed by atoms with Crippen LogP contribution in [-0.2, 0) is 26.0 Å². The Morgan fingerprint density at radius 3 is 2.80 bits per heavy atom. The third kappa shape index (κ3) is 3.81. The molecule has 2 rings (SSSR count). The first-order valence-electron chi connectivity index (χ1n) is 7.10. The molecule has 0 bridgehead atoms. The average molecular weight is 290 g/mol. The van der Waals surface area contributed by atoms with Gasteiger partial charge < -0.3 is 10.1 Å². The van der Waals surface area contributed by atoms with Gasteiger partial charge in [0, 0.05) is 11.4 Å². The molecule has 0 aliphatic rings. The number of hydrogen-bond acceptors (Lipinski definition) is 4. The Morgan fingerprint density at radius 1 is 1.25 bits per heavy atom. The van der Waals surface area contributed by atoms with Gasteiger partial charge in [0.05, 0.1) is 5.69 Å². The van der Waals surface area contributed by atoms with Crippen LogP contribution >= 0.6 is 11.3 Å². The summed E-state index contributed by atoms with van der Waals surface area (Å²) >= 11 is 1.74. The van der Waals surface area contributed by atoms with Crippen LogP contribution in [0.5, 0.6) is 5.75 Å². The zero-order valence-electron chi connectivity index (χ0n) is 12.4. The standard InChI is InChI=1S/C16H22N2OS/c1-4-12-7-6-8-13(9-12)19-11-16-18-14(5-2)15(20-16)10-17-3/h6-9,17H,4-5,10-11H2,1-3H3. The van der Waals surface area contributed by atoms with E-state index in [1.807, 2.05) is 19.2 Å². The highest BCUT2D eigenvalue weighted by atomic mass is 32.1. The van der Waals surface area contributed by atoms with E-state index < -0.39 is 0 Å². The molecule has 0 atom stereocenters. The van der Waals surface area contributed by atoms with Crippen LogP contribution in [0.4, 0.5) is 0 Å². The zero-order valence-corrected chi connectivity index (χ0v) is 13.2. The van der Waals surface area contributed by atoms with E-state index in [-0.39, 0.29) is 0 Å². The third-order valence-corrected chi connectivity index (χ3v) is 4.23. The van der Waals surface area contributed by atoms with Gasteiger partial charge in [0.2, 0.25) is 0 Å². The van der Waals surface area contributed by atoms with Gasteiger partial charge in [-0.3, -0.25) is 0 Å². The molecule has 1 heterocycles. The molecule has 1 aromatic heterocycles. The van der Waals surface area contributed by atoms with Crippen molar-refractivity contribution in [3.8, 4) is 5.75 Å². The smallest absolute Gasteiger partial charge is 0.140 e. The van der Waals surface area contributed by atoms with Crippen molar-refractivity contribution in [3.05, 3.63) is 45.4 Å². The molecule has 0 amide bonds. The quantitative estimate of drug-likeness (QED) is 0.846. The Kier molecular flexibility index (Phi) is 5.56. The van der Waals surface area contributed by atoms with Crippen LogP contribution in [0.25, 0.3) is 0 Å². The monoisotopic (exact) mass is 290 g/mol. The molecule has 0 aliphatic carbocycles. The molecule has 0 aliphatic heterocycles. The zero-order chi connectivity index (χ0) is 14.4.